The molecule has 6 nitrogen and oxygen atoms in total. The first-order valence-electron chi connectivity index (χ1n) is 6.20. The molecule has 92 valence electrons. The Bertz CT molecular complexity index is 737. The lowest BCUT2D eigenvalue weighted by Crippen LogP contribution is -2.25. The molecular weight excluding hydrogens is 240 g/mol. The topological polar surface area (TPSA) is 92.4 Å². The molecule has 3 atom stereocenters. The number of nitriles is 2. The smallest absolute Gasteiger partial charge is 0.144 e. The summed E-state index contributed by atoms with van der Waals surface area (Å²) < 4.78 is 0. The second kappa shape index (κ2) is 3.46. The Kier molecular flexibility index (Phi) is 1.88. The van der Waals surface area contributed by atoms with Gasteiger partial charge in [0, 0.05) is 19.3 Å². The van der Waals surface area contributed by atoms with Crippen LogP contribution in [0.3, 0.4) is 0 Å². The lowest BCUT2D eigenvalue weighted by molar-refractivity contribution is 0.737. The Morgan fingerprint density at radius 3 is 2.74 bits per heavy atom. The highest BCUT2D eigenvalue weighted by Crippen LogP contribution is 2.52. The van der Waals surface area contributed by atoms with Crippen LogP contribution in [0.4, 0.5) is 5.82 Å². The van der Waals surface area contributed by atoms with Gasteiger partial charge >= 0.3 is 0 Å². The van der Waals surface area contributed by atoms with Crippen molar-refractivity contribution in [1.29, 1.82) is 10.5 Å². The predicted octanol–water partition coefficient (Wildman–Crippen LogP) is 1.04. The number of nitrogens with one attached hydrogen (secondary N) is 1. The van der Waals surface area contributed by atoms with Crippen molar-refractivity contribution in [2.45, 2.75) is 0 Å². The summed E-state index contributed by atoms with van der Waals surface area (Å²) in [7, 11) is 0. The van der Waals surface area contributed by atoms with E-state index in [0.717, 1.165) is 24.3 Å². The van der Waals surface area contributed by atoms with E-state index in [2.05, 4.69) is 32.0 Å². The van der Waals surface area contributed by atoms with Crippen LogP contribution in [0.15, 0.2) is 12.5 Å². The molecule has 3 heterocycles. The number of fused-ring (bicyclic) bond motifs is 2. The molecule has 1 unspecified atom stereocenters. The number of nitrogens with zero attached hydrogens (tertiary/aromatic N) is 5. The number of anilines is 1. The summed E-state index contributed by atoms with van der Waals surface area (Å²) in [4.78, 5) is 13.6. The van der Waals surface area contributed by atoms with Crippen LogP contribution < -0.4 is 4.90 Å². The quantitative estimate of drug-likeness (QED) is 0.816. The zero-order valence-corrected chi connectivity index (χ0v) is 10.0. The summed E-state index contributed by atoms with van der Waals surface area (Å²) in [6.45, 7) is 1.70. The first-order valence-corrected chi connectivity index (χ1v) is 6.20. The minimum Gasteiger partial charge on any atom is -0.355 e. The first kappa shape index (κ1) is 10.3. The van der Waals surface area contributed by atoms with E-state index in [1.54, 1.807) is 6.20 Å². The van der Waals surface area contributed by atoms with E-state index in [-0.39, 0.29) is 5.92 Å². The number of H-pyrrole nitrogens is 1. The lowest BCUT2D eigenvalue weighted by atomic mass is 10.2. The molecule has 0 radical (unpaired) electrons. The lowest BCUT2D eigenvalue weighted by Gasteiger charge is -2.20. The van der Waals surface area contributed by atoms with Crippen LogP contribution in [0.25, 0.3) is 11.0 Å². The summed E-state index contributed by atoms with van der Waals surface area (Å²) in [5.74, 6) is 1.97. The molecule has 2 aliphatic rings. The van der Waals surface area contributed by atoms with E-state index < -0.39 is 0 Å². The van der Waals surface area contributed by atoms with Gasteiger partial charge in [-0.05, 0) is 11.8 Å². The summed E-state index contributed by atoms with van der Waals surface area (Å²) in [6, 6.07) is 4.52. The van der Waals surface area contributed by atoms with Crippen molar-refractivity contribution < 1.29 is 0 Å². The highest BCUT2D eigenvalue weighted by molar-refractivity contribution is 5.93. The fourth-order valence-electron chi connectivity index (χ4n) is 3.17. The highest BCUT2D eigenvalue weighted by Gasteiger charge is 2.56. The Hall–Kier alpha value is -2.60. The number of rotatable bonds is 1. The van der Waals surface area contributed by atoms with Gasteiger partial charge in [0.1, 0.15) is 23.9 Å². The maximum absolute atomic E-state index is 9.15. The minimum absolute atomic E-state index is 0.218. The molecular formula is C13H10N6. The maximum Gasteiger partial charge on any atom is 0.144 e. The Labute approximate surface area is 109 Å². The summed E-state index contributed by atoms with van der Waals surface area (Å²) >= 11 is 0. The molecule has 19 heavy (non-hydrogen) atoms. The fourth-order valence-corrected chi connectivity index (χ4v) is 3.17. The predicted molar refractivity (Wildman–Crippen MR) is 66.9 cm³/mol. The number of piperidine rings is 1. The molecule has 1 saturated carbocycles. The van der Waals surface area contributed by atoms with Gasteiger partial charge in [-0.3, -0.25) is 0 Å². The zero-order valence-electron chi connectivity index (χ0n) is 10.0. The average molecular weight is 250 g/mol. The van der Waals surface area contributed by atoms with Crippen LogP contribution >= 0.6 is 0 Å². The third-order valence-corrected chi connectivity index (χ3v) is 4.21. The molecule has 0 aromatic carbocycles. The molecule has 2 aromatic heterocycles. The molecule has 6 heteroatoms. The van der Waals surface area contributed by atoms with Crippen molar-refractivity contribution in [3.8, 4) is 12.1 Å². The van der Waals surface area contributed by atoms with Gasteiger partial charge in [-0.2, -0.15) is 10.5 Å². The van der Waals surface area contributed by atoms with E-state index in [0.29, 0.717) is 23.0 Å². The van der Waals surface area contributed by atoms with Crippen molar-refractivity contribution in [2.24, 2.45) is 17.8 Å². The SMILES string of the molecule is N#Cc1c[nH]c2ncnc(N3C[C@@H]4C(C#N)[C@@H]4C3)c12. The van der Waals surface area contributed by atoms with Gasteiger partial charge < -0.3 is 9.88 Å². The molecule has 1 saturated heterocycles. The number of hydrogen-bond acceptors (Lipinski definition) is 5. The van der Waals surface area contributed by atoms with Crippen molar-refractivity contribution in [2.75, 3.05) is 18.0 Å². The Morgan fingerprint density at radius 1 is 1.26 bits per heavy atom. The standard InChI is InChI=1S/C13H10N6/c14-1-7-3-16-12-11(7)13(18-6-17-12)19-4-9-8(2-15)10(9)5-19/h3,6,8-10H,4-5H2,(H,16,17,18)/t8?,9-,10+. The largest absolute Gasteiger partial charge is 0.355 e. The molecule has 0 bridgehead atoms. The highest BCUT2D eigenvalue weighted by atomic mass is 15.2. The van der Waals surface area contributed by atoms with Crippen LogP contribution in [-0.4, -0.2) is 28.0 Å². The molecule has 1 aliphatic heterocycles. The molecule has 4 rings (SSSR count). The van der Waals surface area contributed by atoms with E-state index in [4.69, 9.17) is 10.5 Å². The molecule has 0 amide bonds. The van der Waals surface area contributed by atoms with Gasteiger partial charge in [0.05, 0.1) is 22.9 Å². The van der Waals surface area contributed by atoms with Crippen molar-refractivity contribution >= 4 is 16.9 Å². The molecule has 1 aliphatic carbocycles. The summed E-state index contributed by atoms with van der Waals surface area (Å²) in [6.07, 6.45) is 3.18. The normalized spacial score (nSPS) is 27.9. The van der Waals surface area contributed by atoms with Gasteiger partial charge in [0.25, 0.3) is 0 Å². The monoisotopic (exact) mass is 250 g/mol. The van der Waals surface area contributed by atoms with E-state index in [9.17, 15) is 0 Å². The Morgan fingerprint density at radius 2 is 2.05 bits per heavy atom. The average Bonchev–Trinajstić information content (AvgIpc) is 2.84. The molecule has 0 spiro atoms. The van der Waals surface area contributed by atoms with Crippen LogP contribution in [0.1, 0.15) is 5.56 Å². The third kappa shape index (κ3) is 1.28. The van der Waals surface area contributed by atoms with Gasteiger partial charge in [-0.15, -0.1) is 0 Å². The van der Waals surface area contributed by atoms with E-state index in [1.807, 2.05) is 0 Å². The van der Waals surface area contributed by atoms with Gasteiger partial charge in [0.2, 0.25) is 0 Å². The van der Waals surface area contributed by atoms with E-state index in [1.165, 1.54) is 6.33 Å². The van der Waals surface area contributed by atoms with Gasteiger partial charge in [-0.1, -0.05) is 0 Å². The maximum atomic E-state index is 9.15. The van der Waals surface area contributed by atoms with E-state index >= 15 is 0 Å². The van der Waals surface area contributed by atoms with Crippen LogP contribution in [0.5, 0.6) is 0 Å². The van der Waals surface area contributed by atoms with Crippen LogP contribution in [0.2, 0.25) is 0 Å². The fraction of sp³-hybridized carbons (Fsp3) is 0.385. The zero-order chi connectivity index (χ0) is 13.0. The number of aromatic nitrogens is 3. The number of hydrogen-bond donors (Lipinski definition) is 1. The molecule has 1 N–H and O–H groups in total. The summed E-state index contributed by atoms with van der Waals surface area (Å²) in [5.41, 5.74) is 1.27. The Balaban J connectivity index is 1.75. The second-order valence-electron chi connectivity index (χ2n) is 5.12. The third-order valence-electron chi connectivity index (χ3n) is 4.21. The first-order chi connectivity index (χ1) is 9.33. The van der Waals surface area contributed by atoms with Crippen LogP contribution in [-0.2, 0) is 0 Å². The minimum atomic E-state index is 0.218. The van der Waals surface area contributed by atoms with Gasteiger partial charge in [-0.25, -0.2) is 9.97 Å². The van der Waals surface area contributed by atoms with Crippen LogP contribution in [0, 0.1) is 40.4 Å². The molecule has 2 aromatic rings. The van der Waals surface area contributed by atoms with Crippen molar-refractivity contribution in [3.63, 3.8) is 0 Å². The second-order valence-corrected chi connectivity index (χ2v) is 5.12. The van der Waals surface area contributed by atoms with Crippen molar-refractivity contribution in [1.82, 2.24) is 15.0 Å². The number of aromatic amines is 1. The van der Waals surface area contributed by atoms with Crippen molar-refractivity contribution in [3.05, 3.63) is 18.1 Å². The summed E-state index contributed by atoms with van der Waals surface area (Å²) in [5, 5.41) is 18.9. The van der Waals surface area contributed by atoms with Gasteiger partial charge in [0.15, 0.2) is 0 Å². The molecule has 2 fully saturated rings.